The molecule has 4 N–H and O–H groups in total. The lowest BCUT2D eigenvalue weighted by molar-refractivity contribution is 0.0958. The molecule has 3 aromatic rings. The normalized spacial score (nSPS) is 17.6. The second kappa shape index (κ2) is 10.6. The van der Waals surface area contributed by atoms with Crippen LogP contribution in [0.15, 0.2) is 54.7 Å². The second-order valence-electron chi connectivity index (χ2n) is 9.02. The van der Waals surface area contributed by atoms with Crippen LogP contribution in [0.3, 0.4) is 0 Å². The molecule has 2 aliphatic rings. The van der Waals surface area contributed by atoms with Crippen LogP contribution in [0.1, 0.15) is 16.1 Å². The zero-order chi connectivity index (χ0) is 25.1. The van der Waals surface area contributed by atoms with E-state index >= 15 is 0 Å². The van der Waals surface area contributed by atoms with Crippen LogP contribution in [0.4, 0.5) is 17.1 Å². The summed E-state index contributed by atoms with van der Waals surface area (Å²) < 4.78 is 5.97. The largest absolute Gasteiger partial charge is 0.457 e. The summed E-state index contributed by atoms with van der Waals surface area (Å²) in [6, 6.07) is 15.2. The number of amides is 1. The van der Waals surface area contributed by atoms with Gasteiger partial charge in [-0.05, 0) is 49.0 Å². The smallest absolute Gasteiger partial charge is 0.269 e. The molecule has 1 amide bonds. The van der Waals surface area contributed by atoms with E-state index in [9.17, 15) is 4.79 Å². The third-order valence-corrected chi connectivity index (χ3v) is 6.73. The predicted molar refractivity (Wildman–Crippen MR) is 143 cm³/mol. The maximum atomic E-state index is 11.8. The third-order valence-electron chi connectivity index (χ3n) is 6.36. The predicted octanol–water partition coefficient (Wildman–Crippen LogP) is 3.87. The first-order valence-electron chi connectivity index (χ1n) is 12.0. The summed E-state index contributed by atoms with van der Waals surface area (Å²) in [5.74, 6) is 0.931. The molecule has 0 aliphatic carbocycles. The minimum Gasteiger partial charge on any atom is -0.457 e. The molecule has 0 spiro atoms. The number of pyridine rings is 1. The number of carbonyl (C=O) groups excluding carboxylic acids is 1. The topological polar surface area (TPSA) is 93.8 Å². The molecule has 1 fully saturated rings. The number of rotatable bonds is 7. The quantitative estimate of drug-likeness (QED) is 0.383. The van der Waals surface area contributed by atoms with Gasteiger partial charge in [-0.3, -0.25) is 14.7 Å². The van der Waals surface area contributed by atoms with Crippen molar-refractivity contribution in [3.05, 3.63) is 71.0 Å². The summed E-state index contributed by atoms with van der Waals surface area (Å²) in [4.78, 5) is 20.7. The van der Waals surface area contributed by atoms with E-state index in [1.165, 1.54) is 0 Å². The number of piperazine rings is 1. The lowest BCUT2D eigenvalue weighted by atomic mass is 10.1. The Hall–Kier alpha value is -3.53. The van der Waals surface area contributed by atoms with Gasteiger partial charge in [0.25, 0.3) is 5.91 Å². The number of ether oxygens (including phenoxy) is 1. The lowest BCUT2D eigenvalue weighted by Crippen LogP contribution is -2.43. The highest BCUT2D eigenvalue weighted by Gasteiger charge is 2.21. The van der Waals surface area contributed by atoms with Crippen molar-refractivity contribution in [2.75, 3.05) is 56.2 Å². The van der Waals surface area contributed by atoms with Gasteiger partial charge in [0.1, 0.15) is 17.2 Å². The van der Waals surface area contributed by atoms with Gasteiger partial charge in [-0.1, -0.05) is 11.6 Å². The third kappa shape index (κ3) is 5.64. The minimum absolute atomic E-state index is 0.186. The van der Waals surface area contributed by atoms with E-state index in [1.54, 1.807) is 25.4 Å². The van der Waals surface area contributed by atoms with Gasteiger partial charge in [0.05, 0.1) is 11.4 Å². The Morgan fingerprint density at radius 3 is 2.64 bits per heavy atom. The fourth-order valence-electron chi connectivity index (χ4n) is 4.31. The Kier molecular flexibility index (Phi) is 7.13. The molecule has 2 aromatic carbocycles. The zero-order valence-corrected chi connectivity index (χ0v) is 21.1. The van der Waals surface area contributed by atoms with Crippen molar-refractivity contribution in [3.63, 3.8) is 0 Å². The average molecular weight is 508 g/mol. The number of aromatic nitrogens is 1. The highest BCUT2D eigenvalue weighted by Crippen LogP contribution is 2.35. The van der Waals surface area contributed by atoms with Crippen molar-refractivity contribution in [3.8, 4) is 11.5 Å². The first-order valence-corrected chi connectivity index (χ1v) is 12.3. The van der Waals surface area contributed by atoms with Gasteiger partial charge in [0, 0.05) is 68.8 Å². The van der Waals surface area contributed by atoms with E-state index in [0.29, 0.717) is 17.2 Å². The molecule has 1 unspecified atom stereocenters. The van der Waals surface area contributed by atoms with Crippen LogP contribution in [0.25, 0.3) is 0 Å². The maximum absolute atomic E-state index is 11.8. The van der Waals surface area contributed by atoms with Gasteiger partial charge < -0.3 is 30.9 Å². The van der Waals surface area contributed by atoms with Crippen LogP contribution in [0, 0.1) is 0 Å². The van der Waals surface area contributed by atoms with E-state index in [-0.39, 0.29) is 12.2 Å². The number of nitrogens with one attached hydrogen (secondary N) is 4. The first kappa shape index (κ1) is 24.2. The summed E-state index contributed by atoms with van der Waals surface area (Å²) in [5, 5.41) is 13.7. The van der Waals surface area contributed by atoms with Crippen molar-refractivity contribution in [2.45, 2.75) is 12.8 Å². The summed E-state index contributed by atoms with van der Waals surface area (Å²) >= 11 is 6.52. The molecule has 188 valence electrons. The Morgan fingerprint density at radius 2 is 1.83 bits per heavy atom. The Bertz CT molecular complexity index is 1250. The van der Waals surface area contributed by atoms with Gasteiger partial charge >= 0.3 is 0 Å². The highest BCUT2D eigenvalue weighted by molar-refractivity contribution is 6.31. The van der Waals surface area contributed by atoms with Gasteiger partial charge in [-0.15, -0.1) is 0 Å². The summed E-state index contributed by atoms with van der Waals surface area (Å²) in [6.45, 7) is 5.08. The number of anilines is 3. The molecule has 1 saturated heterocycles. The molecule has 0 bridgehead atoms. The molecule has 0 radical (unpaired) electrons. The van der Waals surface area contributed by atoms with E-state index < -0.39 is 0 Å². The molecule has 5 rings (SSSR count). The molecule has 36 heavy (non-hydrogen) atoms. The zero-order valence-electron chi connectivity index (χ0n) is 20.3. The number of hydrogen-bond donors (Lipinski definition) is 4. The number of nitrogens with zero attached hydrogens (tertiary/aromatic N) is 3. The van der Waals surface area contributed by atoms with Crippen LogP contribution >= 0.6 is 11.6 Å². The van der Waals surface area contributed by atoms with Gasteiger partial charge in [0.2, 0.25) is 0 Å². The standard InChI is InChI=1S/C26H30ClN7O2/c1-28-25(35)24-15-20(7-8-29-24)36-19-4-6-22-23(14-19)32-26(31-22)30-18-3-5-21(27)17(13-18)16-34-11-9-33(2)10-12-34/h3-8,13-15,26,30-32H,9-12,16H2,1-2H3,(H,28,35). The molecular weight excluding hydrogens is 478 g/mol. The summed E-state index contributed by atoms with van der Waals surface area (Å²) in [6.07, 6.45) is 1.37. The van der Waals surface area contributed by atoms with Gasteiger partial charge in [0.15, 0.2) is 6.29 Å². The second-order valence-corrected chi connectivity index (χ2v) is 9.42. The van der Waals surface area contributed by atoms with Crippen molar-refractivity contribution in [1.82, 2.24) is 20.1 Å². The van der Waals surface area contributed by atoms with E-state index in [1.807, 2.05) is 30.3 Å². The Labute approximate surface area is 215 Å². The molecular formula is C26H30ClN7O2. The van der Waals surface area contributed by atoms with Crippen molar-refractivity contribution in [2.24, 2.45) is 0 Å². The first-order chi connectivity index (χ1) is 17.5. The number of likely N-dealkylation sites (N-methyl/N-ethyl adjacent to an activating group) is 1. The number of carbonyl (C=O) groups is 1. The monoisotopic (exact) mass is 507 g/mol. The highest BCUT2D eigenvalue weighted by atomic mass is 35.5. The molecule has 1 aromatic heterocycles. The molecule has 2 aliphatic heterocycles. The fourth-order valence-corrected chi connectivity index (χ4v) is 4.49. The lowest BCUT2D eigenvalue weighted by Gasteiger charge is -2.32. The van der Waals surface area contributed by atoms with Crippen LogP contribution in [0.5, 0.6) is 11.5 Å². The summed E-state index contributed by atoms with van der Waals surface area (Å²) in [5.41, 5.74) is 4.28. The Morgan fingerprint density at radius 1 is 1.06 bits per heavy atom. The number of halogens is 1. The maximum Gasteiger partial charge on any atom is 0.269 e. The summed E-state index contributed by atoms with van der Waals surface area (Å²) in [7, 11) is 3.73. The minimum atomic E-state index is -0.261. The number of fused-ring (bicyclic) bond motifs is 1. The van der Waals surface area contributed by atoms with Crippen molar-refractivity contribution in [1.29, 1.82) is 0 Å². The molecule has 1 atom stereocenters. The van der Waals surface area contributed by atoms with Crippen LogP contribution in [-0.4, -0.2) is 67.3 Å². The van der Waals surface area contributed by atoms with Gasteiger partial charge in [-0.2, -0.15) is 0 Å². The van der Waals surface area contributed by atoms with E-state index in [0.717, 1.165) is 60.4 Å². The Balaban J connectivity index is 1.22. The average Bonchev–Trinajstić information content (AvgIpc) is 3.28. The van der Waals surface area contributed by atoms with E-state index in [4.69, 9.17) is 16.3 Å². The SMILES string of the molecule is CNC(=O)c1cc(Oc2ccc3c(c2)NC(Nc2ccc(Cl)c(CN4CCN(C)CC4)c2)N3)ccn1. The van der Waals surface area contributed by atoms with Gasteiger partial charge in [-0.25, -0.2) is 0 Å². The fraction of sp³-hybridized carbons (Fsp3) is 0.308. The van der Waals surface area contributed by atoms with Crippen molar-refractivity contribution < 1.29 is 9.53 Å². The molecule has 3 heterocycles. The molecule has 9 nitrogen and oxygen atoms in total. The number of benzene rings is 2. The van der Waals surface area contributed by atoms with Crippen LogP contribution < -0.4 is 26.0 Å². The number of hydrogen-bond acceptors (Lipinski definition) is 8. The van der Waals surface area contributed by atoms with E-state index in [2.05, 4.69) is 49.2 Å². The van der Waals surface area contributed by atoms with Crippen LogP contribution in [-0.2, 0) is 6.54 Å². The molecule has 0 saturated carbocycles. The van der Waals surface area contributed by atoms with Crippen molar-refractivity contribution >= 4 is 34.6 Å². The molecule has 10 heteroatoms. The van der Waals surface area contributed by atoms with Crippen LogP contribution in [0.2, 0.25) is 5.02 Å².